The van der Waals surface area contributed by atoms with Gasteiger partial charge in [-0.15, -0.1) is 0 Å². The van der Waals surface area contributed by atoms with E-state index in [2.05, 4.69) is 21.2 Å². The molecule has 1 atom stereocenters. The molecule has 6 nitrogen and oxygen atoms in total. The topological polar surface area (TPSA) is 69.1 Å². The minimum Gasteiger partial charge on any atom is -0.740 e. The number of anilines is 2. The minimum absolute atomic E-state index is 0. The molecule has 1 aliphatic heterocycles. The molecule has 2 aromatic carbocycles. The van der Waals surface area contributed by atoms with E-state index < -0.39 is 5.50 Å². The normalized spacial score (nSPS) is 15.9. The third-order valence-electron chi connectivity index (χ3n) is 2.97. The van der Waals surface area contributed by atoms with Gasteiger partial charge in [0.25, 0.3) is 5.91 Å². The van der Waals surface area contributed by atoms with Gasteiger partial charge < -0.3 is 17.9 Å². The molecule has 0 radical (unpaired) electrons. The van der Waals surface area contributed by atoms with Crippen LogP contribution >= 0.6 is 0 Å². The Kier molecular flexibility index (Phi) is 5.84. The maximum atomic E-state index is 12.0. The van der Waals surface area contributed by atoms with E-state index >= 15 is 0 Å². The van der Waals surface area contributed by atoms with Crippen molar-refractivity contribution in [3.8, 4) is 0 Å². The first-order valence-corrected chi connectivity index (χ1v) is 6.78. The molecule has 0 aromatic heterocycles. The van der Waals surface area contributed by atoms with Gasteiger partial charge >= 0.3 is 29.6 Å². The van der Waals surface area contributed by atoms with Crippen molar-refractivity contribution < 1.29 is 34.4 Å². The number of carbonyl (C=O) groups excluding carboxylic acids is 1. The summed E-state index contributed by atoms with van der Waals surface area (Å²) in [6.07, 6.45) is 0. The van der Waals surface area contributed by atoms with E-state index in [0.717, 1.165) is 5.69 Å². The molecule has 1 amide bonds. The van der Waals surface area contributed by atoms with Crippen LogP contribution in [-0.4, -0.2) is 11.4 Å². The average Bonchev–Trinajstić information content (AvgIpc) is 2.95. The number of nitrogens with zero attached hydrogens (tertiary/aromatic N) is 3. The molecule has 2 aromatic rings. The molecule has 0 fully saturated rings. The van der Waals surface area contributed by atoms with Crippen LogP contribution in [0.15, 0.2) is 64.9 Å². The van der Waals surface area contributed by atoms with Gasteiger partial charge in [0.2, 0.25) is 0 Å². The number of hydrogen-bond acceptors (Lipinski definition) is 6. The largest absolute Gasteiger partial charge is 1.00 e. The van der Waals surface area contributed by atoms with Crippen molar-refractivity contribution >= 4 is 29.9 Å². The van der Waals surface area contributed by atoms with E-state index in [1.54, 1.807) is 29.3 Å². The maximum absolute atomic E-state index is 12.0. The van der Waals surface area contributed by atoms with Crippen molar-refractivity contribution in [1.29, 1.82) is 0 Å². The van der Waals surface area contributed by atoms with Crippen LogP contribution in [0.2, 0.25) is 0 Å². The number of hydrazine groups is 1. The molecule has 2 N–H and O–H groups in total. The molecule has 0 aliphatic carbocycles. The van der Waals surface area contributed by atoms with Gasteiger partial charge in [0, 0.05) is 16.7 Å². The van der Waals surface area contributed by atoms with Gasteiger partial charge in [-0.05, 0) is 36.4 Å². The van der Waals surface area contributed by atoms with Crippen molar-refractivity contribution in [2.24, 2.45) is 10.3 Å². The standard InChI is InChI=1S/C14H13N5OS.Na/c20-13(10-4-2-1-3-5-10)15-11-6-8-12(9-7-11)19-14(21)16-17-18-19;/h1-9,14,21H,(H,15,20)(H,16,18);/q;+1/p-1. The van der Waals surface area contributed by atoms with Crippen molar-refractivity contribution in [3.05, 3.63) is 60.2 Å². The molecular formula is C14H12N5NaOS. The fraction of sp³-hybridized carbons (Fsp3) is 0.0714. The summed E-state index contributed by atoms with van der Waals surface area (Å²) < 4.78 is 0. The molecular weight excluding hydrogens is 309 g/mol. The van der Waals surface area contributed by atoms with Crippen molar-refractivity contribution in [3.63, 3.8) is 0 Å². The predicted molar refractivity (Wildman–Crippen MR) is 82.5 cm³/mol. The quantitative estimate of drug-likeness (QED) is 0.589. The van der Waals surface area contributed by atoms with Gasteiger partial charge in [0.1, 0.15) is 0 Å². The molecule has 0 spiro atoms. The predicted octanol–water partition coefficient (Wildman–Crippen LogP) is -0.535. The Hall–Kier alpha value is -1.54. The molecule has 8 heteroatoms. The summed E-state index contributed by atoms with van der Waals surface area (Å²) in [7, 11) is 0. The van der Waals surface area contributed by atoms with Crippen LogP contribution in [0.25, 0.3) is 0 Å². The van der Waals surface area contributed by atoms with E-state index in [1.807, 2.05) is 30.3 Å². The van der Waals surface area contributed by atoms with Crippen molar-refractivity contribution in [1.82, 2.24) is 5.53 Å². The van der Waals surface area contributed by atoms with Gasteiger partial charge in [0.15, 0.2) is 0 Å². The molecule has 0 bridgehead atoms. The second-order valence-corrected chi connectivity index (χ2v) is 4.80. The van der Waals surface area contributed by atoms with E-state index in [-0.39, 0.29) is 35.5 Å². The second-order valence-electron chi connectivity index (χ2n) is 4.38. The Morgan fingerprint density at radius 3 is 2.41 bits per heavy atom. The monoisotopic (exact) mass is 321 g/mol. The van der Waals surface area contributed by atoms with Gasteiger partial charge in [-0.1, -0.05) is 23.4 Å². The SMILES string of the molecule is O=C(Nc1ccc(N2NN=NC2[S-])cc1)c1ccccc1.[Na+]. The number of amides is 1. The zero-order valence-electron chi connectivity index (χ0n) is 11.9. The van der Waals surface area contributed by atoms with E-state index in [4.69, 9.17) is 12.6 Å². The summed E-state index contributed by atoms with van der Waals surface area (Å²) in [5.41, 5.74) is 4.40. The zero-order chi connectivity index (χ0) is 14.7. The van der Waals surface area contributed by atoms with E-state index in [1.165, 1.54) is 0 Å². The van der Waals surface area contributed by atoms with Crippen LogP contribution < -0.4 is 45.4 Å². The second kappa shape index (κ2) is 7.64. The van der Waals surface area contributed by atoms with Crippen LogP contribution in [0.5, 0.6) is 0 Å². The third kappa shape index (κ3) is 3.80. The van der Waals surface area contributed by atoms with Crippen molar-refractivity contribution in [2.75, 3.05) is 10.3 Å². The van der Waals surface area contributed by atoms with Crippen molar-refractivity contribution in [2.45, 2.75) is 5.50 Å². The fourth-order valence-corrected chi connectivity index (χ4v) is 2.12. The van der Waals surface area contributed by atoms with Crippen LogP contribution in [0.1, 0.15) is 10.4 Å². The Morgan fingerprint density at radius 2 is 1.82 bits per heavy atom. The van der Waals surface area contributed by atoms with E-state index in [9.17, 15) is 4.79 Å². The van der Waals surface area contributed by atoms with E-state index in [0.29, 0.717) is 11.3 Å². The fourth-order valence-electron chi connectivity index (χ4n) is 1.91. The average molecular weight is 321 g/mol. The molecule has 106 valence electrons. The van der Waals surface area contributed by atoms with Gasteiger partial charge in [0.05, 0.1) is 5.69 Å². The van der Waals surface area contributed by atoms with Crippen LogP contribution in [-0.2, 0) is 12.6 Å². The first-order chi connectivity index (χ1) is 10.2. The number of benzene rings is 2. The molecule has 1 heterocycles. The van der Waals surface area contributed by atoms with Crippen LogP contribution in [0.3, 0.4) is 0 Å². The van der Waals surface area contributed by atoms with Gasteiger partial charge in [-0.3, -0.25) is 9.80 Å². The Balaban J connectivity index is 0.00000176. The summed E-state index contributed by atoms with van der Waals surface area (Å²) in [5.74, 6) is -0.145. The Morgan fingerprint density at radius 1 is 1.14 bits per heavy atom. The molecule has 22 heavy (non-hydrogen) atoms. The van der Waals surface area contributed by atoms with Gasteiger partial charge in [-0.2, -0.15) is 10.6 Å². The smallest absolute Gasteiger partial charge is 0.740 e. The molecule has 3 rings (SSSR count). The Labute approximate surface area is 155 Å². The number of rotatable bonds is 3. The third-order valence-corrected chi connectivity index (χ3v) is 3.27. The minimum atomic E-state index is -0.463. The van der Waals surface area contributed by atoms with Crippen LogP contribution in [0, 0.1) is 0 Å². The molecule has 0 saturated heterocycles. The first kappa shape index (κ1) is 16.8. The summed E-state index contributed by atoms with van der Waals surface area (Å²) in [4.78, 5) is 12.0. The number of carbonyl (C=O) groups is 1. The molecule has 1 unspecified atom stereocenters. The summed E-state index contributed by atoms with van der Waals surface area (Å²) in [6, 6.07) is 16.3. The maximum Gasteiger partial charge on any atom is 1.00 e. The summed E-state index contributed by atoms with van der Waals surface area (Å²) in [5, 5.41) is 11.9. The number of nitrogens with one attached hydrogen (secondary N) is 2. The van der Waals surface area contributed by atoms with Gasteiger partial charge in [-0.25, -0.2) is 0 Å². The first-order valence-electron chi connectivity index (χ1n) is 6.31. The summed E-state index contributed by atoms with van der Waals surface area (Å²) in [6.45, 7) is 0. The summed E-state index contributed by atoms with van der Waals surface area (Å²) >= 11 is 5.11. The molecule has 0 saturated carbocycles. The van der Waals surface area contributed by atoms with Crippen LogP contribution in [0.4, 0.5) is 11.4 Å². The molecule has 1 aliphatic rings. The zero-order valence-corrected chi connectivity index (χ0v) is 14.7. The number of hydrogen-bond donors (Lipinski definition) is 2. The Bertz CT molecular complexity index is 665.